The highest BCUT2D eigenvalue weighted by Crippen LogP contribution is 2.29. The fourth-order valence-electron chi connectivity index (χ4n) is 3.33. The van der Waals surface area contributed by atoms with Gasteiger partial charge in [0.15, 0.2) is 11.5 Å². The lowest BCUT2D eigenvalue weighted by atomic mass is 9.82. The Morgan fingerprint density at radius 3 is 2.40 bits per heavy atom. The average Bonchev–Trinajstić information content (AvgIpc) is 3.02. The predicted molar refractivity (Wildman–Crippen MR) is 105 cm³/mol. The molecule has 2 N–H and O–H groups in total. The molecule has 0 spiro atoms. The lowest BCUT2D eigenvalue weighted by Gasteiger charge is -2.30. The molecular weight excluding hydrogens is 330 g/mol. The number of benzene rings is 1. The zero-order valence-corrected chi connectivity index (χ0v) is 17.2. The minimum absolute atomic E-state index is 0.208. The van der Waals surface area contributed by atoms with Crippen LogP contribution in [0, 0.1) is 5.41 Å². The maximum atomic E-state index is 5.91. The number of hydrogen-bond acceptors (Lipinski definition) is 3. The number of thiophene rings is 1. The third-order valence-electron chi connectivity index (χ3n) is 4.05. The molecule has 0 aliphatic carbocycles. The summed E-state index contributed by atoms with van der Waals surface area (Å²) in [6.45, 7) is 13.0. The van der Waals surface area contributed by atoms with Crippen LogP contribution in [-0.4, -0.2) is 12.6 Å². The highest BCUT2D eigenvalue weighted by molar-refractivity contribution is 7.09. The molecule has 1 aromatic heterocycles. The van der Waals surface area contributed by atoms with Gasteiger partial charge in [0.2, 0.25) is 0 Å². The Morgan fingerprint density at radius 1 is 1.04 bits per heavy atom. The quantitative estimate of drug-likeness (QED) is 0.744. The standard InChI is InChI=1S/C21H31NO2S/c1-20(2,3)15-21(4,5)22-13-16-9-10-18(19(12-16)23-6)24-14-17-8-7-11-25-17/h7-12,22H,13-15H2,1-6H3/p+1. The summed E-state index contributed by atoms with van der Waals surface area (Å²) >= 11 is 1.70. The van der Waals surface area contributed by atoms with Gasteiger partial charge in [0.1, 0.15) is 13.2 Å². The van der Waals surface area contributed by atoms with Gasteiger partial charge >= 0.3 is 0 Å². The summed E-state index contributed by atoms with van der Waals surface area (Å²) in [7, 11) is 1.70. The van der Waals surface area contributed by atoms with Crippen molar-refractivity contribution in [1.82, 2.24) is 0 Å². The Hall–Kier alpha value is -1.52. The van der Waals surface area contributed by atoms with Crippen molar-refractivity contribution < 1.29 is 14.8 Å². The number of ether oxygens (including phenoxy) is 2. The zero-order chi connectivity index (χ0) is 18.5. The van der Waals surface area contributed by atoms with E-state index in [1.54, 1.807) is 18.4 Å². The molecule has 0 aliphatic heterocycles. The monoisotopic (exact) mass is 362 g/mol. The Labute approximate surface area is 156 Å². The molecule has 1 heterocycles. The van der Waals surface area contributed by atoms with Crippen LogP contribution in [0.1, 0.15) is 51.5 Å². The molecule has 0 fully saturated rings. The summed E-state index contributed by atoms with van der Waals surface area (Å²) in [4.78, 5) is 1.21. The summed E-state index contributed by atoms with van der Waals surface area (Å²) in [5.74, 6) is 1.60. The van der Waals surface area contributed by atoms with Gasteiger partial charge < -0.3 is 14.8 Å². The molecule has 0 amide bonds. The number of rotatable bonds is 8. The van der Waals surface area contributed by atoms with E-state index in [9.17, 15) is 0 Å². The highest BCUT2D eigenvalue weighted by Gasteiger charge is 2.28. The van der Waals surface area contributed by atoms with Crippen LogP contribution in [0.2, 0.25) is 0 Å². The van der Waals surface area contributed by atoms with Crippen LogP contribution in [0.4, 0.5) is 0 Å². The topological polar surface area (TPSA) is 35.1 Å². The molecule has 1 aromatic carbocycles. The number of quaternary nitrogens is 1. The molecule has 2 rings (SSSR count). The Balaban J connectivity index is 1.98. The molecule has 0 aliphatic rings. The van der Waals surface area contributed by atoms with Gasteiger partial charge in [0.05, 0.1) is 12.6 Å². The first-order valence-corrected chi connectivity index (χ1v) is 9.73. The van der Waals surface area contributed by atoms with Crippen molar-refractivity contribution >= 4 is 11.3 Å². The van der Waals surface area contributed by atoms with Crippen molar-refractivity contribution in [2.24, 2.45) is 5.41 Å². The second-order valence-electron chi connectivity index (χ2n) is 8.49. The van der Waals surface area contributed by atoms with E-state index in [4.69, 9.17) is 9.47 Å². The summed E-state index contributed by atoms with van der Waals surface area (Å²) in [5.41, 5.74) is 1.79. The second-order valence-corrected chi connectivity index (χ2v) is 9.52. The van der Waals surface area contributed by atoms with Gasteiger partial charge in [-0.05, 0) is 48.9 Å². The summed E-state index contributed by atoms with van der Waals surface area (Å²) in [5, 5.41) is 4.48. The van der Waals surface area contributed by atoms with Gasteiger partial charge in [-0.25, -0.2) is 0 Å². The van der Waals surface area contributed by atoms with Gasteiger partial charge in [0.25, 0.3) is 0 Å². The summed E-state index contributed by atoms with van der Waals surface area (Å²) in [6.07, 6.45) is 1.17. The maximum Gasteiger partial charge on any atom is 0.161 e. The predicted octanol–water partition coefficient (Wildman–Crippen LogP) is 4.61. The van der Waals surface area contributed by atoms with Crippen molar-refractivity contribution in [3.63, 3.8) is 0 Å². The van der Waals surface area contributed by atoms with Gasteiger partial charge in [-0.2, -0.15) is 0 Å². The third-order valence-corrected chi connectivity index (χ3v) is 4.90. The summed E-state index contributed by atoms with van der Waals surface area (Å²) < 4.78 is 11.4. The van der Waals surface area contributed by atoms with Crippen molar-refractivity contribution in [3.05, 3.63) is 46.2 Å². The first kappa shape index (κ1) is 19.8. The van der Waals surface area contributed by atoms with Crippen molar-refractivity contribution in [2.45, 2.75) is 59.7 Å². The fourth-order valence-corrected chi connectivity index (χ4v) is 3.95. The molecule has 0 unspecified atom stereocenters. The SMILES string of the molecule is COc1cc(C[NH2+]C(C)(C)CC(C)(C)C)ccc1OCc1cccs1. The second kappa shape index (κ2) is 8.24. The number of methoxy groups -OCH3 is 1. The van der Waals surface area contributed by atoms with Gasteiger partial charge in [-0.3, -0.25) is 0 Å². The van der Waals surface area contributed by atoms with Crippen molar-refractivity contribution in [3.8, 4) is 11.5 Å². The van der Waals surface area contributed by atoms with E-state index in [2.05, 4.69) is 63.5 Å². The van der Waals surface area contributed by atoms with E-state index < -0.39 is 0 Å². The number of nitrogens with two attached hydrogens (primary N) is 1. The van der Waals surface area contributed by atoms with Crippen LogP contribution in [0.25, 0.3) is 0 Å². The van der Waals surface area contributed by atoms with Gasteiger partial charge in [-0.1, -0.05) is 26.8 Å². The minimum atomic E-state index is 0.208. The van der Waals surface area contributed by atoms with E-state index in [1.807, 2.05) is 12.1 Å². The Morgan fingerprint density at radius 2 is 1.80 bits per heavy atom. The van der Waals surface area contributed by atoms with Crippen LogP contribution >= 0.6 is 11.3 Å². The lowest BCUT2D eigenvalue weighted by molar-refractivity contribution is -0.737. The van der Waals surface area contributed by atoms with Crippen LogP contribution in [0.3, 0.4) is 0 Å². The number of hydrogen-bond donors (Lipinski definition) is 1. The third kappa shape index (κ3) is 6.71. The van der Waals surface area contributed by atoms with E-state index in [0.717, 1.165) is 18.0 Å². The molecule has 138 valence electrons. The molecule has 4 heteroatoms. The van der Waals surface area contributed by atoms with E-state index in [0.29, 0.717) is 12.0 Å². The van der Waals surface area contributed by atoms with Gasteiger partial charge in [-0.15, -0.1) is 11.3 Å². The highest BCUT2D eigenvalue weighted by atomic mass is 32.1. The molecule has 2 aromatic rings. The van der Waals surface area contributed by atoms with E-state index in [1.165, 1.54) is 16.9 Å². The lowest BCUT2D eigenvalue weighted by Crippen LogP contribution is -2.94. The van der Waals surface area contributed by atoms with Gasteiger partial charge in [0, 0.05) is 16.9 Å². The van der Waals surface area contributed by atoms with Crippen molar-refractivity contribution in [2.75, 3.05) is 7.11 Å². The zero-order valence-electron chi connectivity index (χ0n) is 16.4. The normalized spacial score (nSPS) is 12.2. The molecular formula is C21H32NO2S+. The van der Waals surface area contributed by atoms with Crippen LogP contribution in [0.15, 0.2) is 35.7 Å². The first-order valence-electron chi connectivity index (χ1n) is 8.85. The van der Waals surface area contributed by atoms with Crippen LogP contribution in [-0.2, 0) is 13.2 Å². The molecule has 3 nitrogen and oxygen atoms in total. The minimum Gasteiger partial charge on any atom is -0.493 e. The molecule has 0 atom stereocenters. The Kier molecular flexibility index (Phi) is 6.53. The van der Waals surface area contributed by atoms with Crippen LogP contribution in [0.5, 0.6) is 11.5 Å². The molecule has 0 saturated carbocycles. The van der Waals surface area contributed by atoms with E-state index in [-0.39, 0.29) is 5.54 Å². The van der Waals surface area contributed by atoms with E-state index >= 15 is 0 Å². The molecule has 0 bridgehead atoms. The average molecular weight is 363 g/mol. The Bertz CT molecular complexity index is 657. The van der Waals surface area contributed by atoms with Crippen LogP contribution < -0.4 is 14.8 Å². The molecule has 0 radical (unpaired) electrons. The molecule has 25 heavy (non-hydrogen) atoms. The summed E-state index contributed by atoms with van der Waals surface area (Å²) in [6, 6.07) is 10.4. The smallest absolute Gasteiger partial charge is 0.161 e. The largest absolute Gasteiger partial charge is 0.493 e. The maximum absolute atomic E-state index is 5.91. The van der Waals surface area contributed by atoms with Crippen molar-refractivity contribution in [1.29, 1.82) is 0 Å². The first-order chi connectivity index (χ1) is 11.7. The molecule has 0 saturated heterocycles. The fraction of sp³-hybridized carbons (Fsp3) is 0.524.